The molecule has 168 valence electrons. The SMILES string of the molecule is CC(C)N(c1ccn[nH]1)c1nc(N2CCCC2C(=O)NCc2ccn[nH]2)nc2c1CCC2. The molecule has 1 atom stereocenters. The number of nitrogens with zero attached hydrogens (tertiary/aromatic N) is 6. The lowest BCUT2D eigenvalue weighted by atomic mass is 10.2. The van der Waals surface area contributed by atoms with E-state index in [2.05, 4.69) is 49.4 Å². The first kappa shape index (κ1) is 20.5. The molecule has 1 aliphatic carbocycles. The van der Waals surface area contributed by atoms with E-state index in [4.69, 9.17) is 9.97 Å². The fraction of sp³-hybridized carbons (Fsp3) is 0.500. The van der Waals surface area contributed by atoms with E-state index in [0.717, 1.165) is 61.7 Å². The molecule has 0 radical (unpaired) electrons. The number of hydrogen-bond acceptors (Lipinski definition) is 7. The van der Waals surface area contributed by atoms with Crippen molar-refractivity contribution in [3.05, 3.63) is 41.5 Å². The molecule has 1 amide bonds. The monoisotopic (exact) mass is 435 g/mol. The molecule has 0 saturated carbocycles. The first-order valence-corrected chi connectivity index (χ1v) is 11.3. The van der Waals surface area contributed by atoms with E-state index in [9.17, 15) is 4.79 Å². The molecular weight excluding hydrogens is 406 g/mol. The van der Waals surface area contributed by atoms with Gasteiger partial charge < -0.3 is 15.1 Å². The number of H-pyrrole nitrogens is 2. The third kappa shape index (κ3) is 3.80. The number of anilines is 3. The molecule has 0 spiro atoms. The van der Waals surface area contributed by atoms with Gasteiger partial charge in [0, 0.05) is 30.4 Å². The van der Waals surface area contributed by atoms with Crippen LogP contribution in [-0.4, -0.2) is 54.9 Å². The Balaban J connectivity index is 1.45. The number of aromatic nitrogens is 6. The van der Waals surface area contributed by atoms with Gasteiger partial charge in [-0.1, -0.05) is 0 Å². The second-order valence-electron chi connectivity index (χ2n) is 8.68. The summed E-state index contributed by atoms with van der Waals surface area (Å²) in [6, 6.07) is 3.74. The Morgan fingerprint density at radius 3 is 2.78 bits per heavy atom. The van der Waals surface area contributed by atoms with E-state index in [1.807, 2.05) is 12.1 Å². The zero-order valence-corrected chi connectivity index (χ0v) is 18.5. The minimum Gasteiger partial charge on any atom is -0.349 e. The summed E-state index contributed by atoms with van der Waals surface area (Å²) in [5, 5.41) is 17.1. The molecule has 3 N–H and O–H groups in total. The van der Waals surface area contributed by atoms with E-state index < -0.39 is 0 Å². The number of nitrogens with one attached hydrogen (secondary N) is 3. The van der Waals surface area contributed by atoms with Crippen molar-refractivity contribution in [2.75, 3.05) is 16.3 Å². The largest absolute Gasteiger partial charge is 0.349 e. The van der Waals surface area contributed by atoms with E-state index in [1.165, 1.54) is 5.56 Å². The maximum absolute atomic E-state index is 13.0. The lowest BCUT2D eigenvalue weighted by Crippen LogP contribution is -2.44. The highest BCUT2D eigenvalue weighted by atomic mass is 16.2. The highest BCUT2D eigenvalue weighted by Crippen LogP contribution is 2.36. The molecule has 1 unspecified atom stereocenters. The summed E-state index contributed by atoms with van der Waals surface area (Å²) in [6.07, 6.45) is 8.15. The van der Waals surface area contributed by atoms with E-state index in [-0.39, 0.29) is 18.0 Å². The number of aromatic amines is 2. The van der Waals surface area contributed by atoms with Crippen LogP contribution in [-0.2, 0) is 24.2 Å². The van der Waals surface area contributed by atoms with Crippen LogP contribution in [0.25, 0.3) is 0 Å². The first-order valence-electron chi connectivity index (χ1n) is 11.3. The quantitative estimate of drug-likeness (QED) is 0.521. The van der Waals surface area contributed by atoms with Crippen LogP contribution in [0.1, 0.15) is 50.1 Å². The van der Waals surface area contributed by atoms with Crippen LogP contribution >= 0.6 is 0 Å². The minimum absolute atomic E-state index is 0.00275. The fourth-order valence-corrected chi connectivity index (χ4v) is 4.71. The van der Waals surface area contributed by atoms with Crippen molar-refractivity contribution >= 4 is 23.5 Å². The molecule has 1 fully saturated rings. The minimum atomic E-state index is -0.273. The van der Waals surface area contributed by atoms with Crippen LogP contribution in [0.5, 0.6) is 0 Å². The van der Waals surface area contributed by atoms with Gasteiger partial charge in [0.25, 0.3) is 0 Å². The van der Waals surface area contributed by atoms with Crippen molar-refractivity contribution in [1.82, 2.24) is 35.7 Å². The number of carbonyl (C=O) groups excluding carboxylic acids is 1. The molecule has 1 aliphatic heterocycles. The zero-order chi connectivity index (χ0) is 22.1. The summed E-state index contributed by atoms with van der Waals surface area (Å²) in [6.45, 7) is 5.49. The highest BCUT2D eigenvalue weighted by molar-refractivity contribution is 5.85. The van der Waals surface area contributed by atoms with E-state index in [1.54, 1.807) is 12.4 Å². The summed E-state index contributed by atoms with van der Waals surface area (Å²) in [5.41, 5.74) is 3.18. The van der Waals surface area contributed by atoms with Gasteiger partial charge in [-0.25, -0.2) is 4.98 Å². The Kier molecular flexibility index (Phi) is 5.50. The fourth-order valence-electron chi connectivity index (χ4n) is 4.71. The summed E-state index contributed by atoms with van der Waals surface area (Å²) < 4.78 is 0. The van der Waals surface area contributed by atoms with Gasteiger partial charge in [-0.2, -0.15) is 15.2 Å². The van der Waals surface area contributed by atoms with Crippen LogP contribution in [0.3, 0.4) is 0 Å². The maximum Gasteiger partial charge on any atom is 0.243 e. The third-order valence-electron chi connectivity index (χ3n) is 6.21. The third-order valence-corrected chi connectivity index (χ3v) is 6.21. The van der Waals surface area contributed by atoms with Gasteiger partial charge in [-0.15, -0.1) is 0 Å². The van der Waals surface area contributed by atoms with Gasteiger partial charge in [0.2, 0.25) is 11.9 Å². The van der Waals surface area contributed by atoms with Gasteiger partial charge >= 0.3 is 0 Å². The van der Waals surface area contributed by atoms with Crippen molar-refractivity contribution in [2.45, 2.75) is 64.6 Å². The number of rotatable bonds is 7. The Morgan fingerprint density at radius 1 is 1.19 bits per heavy atom. The summed E-state index contributed by atoms with van der Waals surface area (Å²) in [4.78, 5) is 27.2. The molecule has 3 aromatic heterocycles. The lowest BCUT2D eigenvalue weighted by Gasteiger charge is -2.30. The summed E-state index contributed by atoms with van der Waals surface area (Å²) in [7, 11) is 0. The average molecular weight is 436 g/mol. The van der Waals surface area contributed by atoms with E-state index >= 15 is 0 Å². The highest BCUT2D eigenvalue weighted by Gasteiger charge is 2.35. The average Bonchev–Trinajstić information content (AvgIpc) is 3.58. The Bertz CT molecular complexity index is 1060. The lowest BCUT2D eigenvalue weighted by molar-refractivity contribution is -0.122. The number of amides is 1. The second kappa shape index (κ2) is 8.60. The van der Waals surface area contributed by atoms with Crippen LogP contribution in [0, 0.1) is 0 Å². The zero-order valence-electron chi connectivity index (χ0n) is 18.5. The van der Waals surface area contributed by atoms with Crippen LogP contribution in [0.4, 0.5) is 17.6 Å². The van der Waals surface area contributed by atoms with E-state index in [0.29, 0.717) is 12.5 Å². The molecule has 10 nitrogen and oxygen atoms in total. The molecule has 5 rings (SSSR count). The molecule has 4 heterocycles. The molecular formula is C22H29N9O. The van der Waals surface area contributed by atoms with Gasteiger partial charge in [-0.05, 0) is 52.0 Å². The molecule has 10 heteroatoms. The van der Waals surface area contributed by atoms with Crippen molar-refractivity contribution in [3.8, 4) is 0 Å². The normalized spacial score (nSPS) is 17.7. The van der Waals surface area contributed by atoms with Crippen molar-refractivity contribution < 1.29 is 4.79 Å². The Labute approximate surface area is 186 Å². The van der Waals surface area contributed by atoms with Gasteiger partial charge in [-0.3, -0.25) is 15.0 Å². The topological polar surface area (TPSA) is 119 Å². The summed E-state index contributed by atoms with van der Waals surface area (Å²) >= 11 is 0. The smallest absolute Gasteiger partial charge is 0.243 e. The van der Waals surface area contributed by atoms with Crippen molar-refractivity contribution in [1.29, 1.82) is 0 Å². The Hall–Kier alpha value is -3.43. The van der Waals surface area contributed by atoms with Crippen LogP contribution in [0.2, 0.25) is 0 Å². The number of aryl methyl sites for hydroxylation is 1. The van der Waals surface area contributed by atoms with Crippen molar-refractivity contribution in [3.63, 3.8) is 0 Å². The summed E-state index contributed by atoms with van der Waals surface area (Å²) in [5.74, 6) is 2.47. The van der Waals surface area contributed by atoms with Gasteiger partial charge in [0.1, 0.15) is 17.7 Å². The number of fused-ring (bicyclic) bond motifs is 1. The molecule has 1 saturated heterocycles. The van der Waals surface area contributed by atoms with Gasteiger partial charge in [0.15, 0.2) is 0 Å². The molecule has 32 heavy (non-hydrogen) atoms. The predicted octanol–water partition coefficient (Wildman–Crippen LogP) is 2.24. The Morgan fingerprint density at radius 2 is 2.03 bits per heavy atom. The second-order valence-corrected chi connectivity index (χ2v) is 8.68. The van der Waals surface area contributed by atoms with Crippen LogP contribution < -0.4 is 15.1 Å². The molecule has 2 aliphatic rings. The molecule has 3 aromatic rings. The van der Waals surface area contributed by atoms with Crippen LogP contribution in [0.15, 0.2) is 24.5 Å². The van der Waals surface area contributed by atoms with Crippen molar-refractivity contribution in [2.24, 2.45) is 0 Å². The standard InChI is InChI=1S/C22H29N9O/c1-14(2)31(19-9-11-25-29-19)20-16-5-3-6-17(16)26-22(27-20)30-12-4-7-18(30)21(32)23-13-15-8-10-24-28-15/h8-11,14,18H,3-7,12-13H2,1-2H3,(H,23,32)(H,24,28)(H,25,29). The molecule has 0 bridgehead atoms. The number of carbonyl (C=O) groups is 1. The maximum atomic E-state index is 13.0. The van der Waals surface area contributed by atoms with Gasteiger partial charge in [0.05, 0.1) is 24.1 Å². The predicted molar refractivity (Wildman–Crippen MR) is 121 cm³/mol. The number of hydrogen-bond donors (Lipinski definition) is 3. The molecule has 0 aromatic carbocycles. The first-order chi connectivity index (χ1) is 15.6.